The summed E-state index contributed by atoms with van der Waals surface area (Å²) in [4.78, 5) is 1.86. The van der Waals surface area contributed by atoms with Crippen molar-refractivity contribution < 1.29 is 13.2 Å². The molecule has 0 amide bonds. The second kappa shape index (κ2) is 6.19. The molecule has 1 N–H and O–H groups in total. The van der Waals surface area contributed by atoms with Crippen LogP contribution in [0.1, 0.15) is 16.1 Å². The third-order valence-corrected chi connectivity index (χ3v) is 3.71. The largest absolute Gasteiger partial charge is 0.445 e. The summed E-state index contributed by atoms with van der Waals surface area (Å²) in [6.45, 7) is 0.246. The van der Waals surface area contributed by atoms with E-state index in [2.05, 4.69) is 15.5 Å². The third kappa shape index (κ3) is 3.65. The molecule has 1 aromatic carbocycles. The minimum Gasteiger partial charge on any atom is -0.377 e. The molecule has 22 heavy (non-hydrogen) atoms. The number of benzene rings is 1. The van der Waals surface area contributed by atoms with E-state index in [1.165, 1.54) is 0 Å². The molecule has 0 spiro atoms. The summed E-state index contributed by atoms with van der Waals surface area (Å²) in [5.41, 5.74) is 2.13. The van der Waals surface area contributed by atoms with Gasteiger partial charge in [0.2, 0.25) is 10.1 Å². The summed E-state index contributed by atoms with van der Waals surface area (Å²) in [5, 5.41) is 17.4. The van der Waals surface area contributed by atoms with E-state index < -0.39 is 11.2 Å². The Bertz CT molecular complexity index is 702. The lowest BCUT2D eigenvalue weighted by atomic mass is 10.1. The van der Waals surface area contributed by atoms with Crippen LogP contribution in [0.4, 0.5) is 24.0 Å². The Labute approximate surface area is 129 Å². The molecular weight excluding hydrogens is 315 g/mol. The van der Waals surface area contributed by atoms with Gasteiger partial charge in [0.15, 0.2) is 0 Å². The molecule has 0 aliphatic heterocycles. The van der Waals surface area contributed by atoms with Crippen molar-refractivity contribution >= 4 is 22.2 Å². The number of aromatic nitrogens is 2. The zero-order valence-corrected chi connectivity index (χ0v) is 12.6. The van der Waals surface area contributed by atoms with E-state index in [1.54, 1.807) is 18.2 Å². The zero-order chi connectivity index (χ0) is 16.3. The Morgan fingerprint density at radius 1 is 1.32 bits per heavy atom. The maximum atomic E-state index is 12.5. The first-order chi connectivity index (χ1) is 10.3. The summed E-state index contributed by atoms with van der Waals surface area (Å²) >= 11 is 0.446. The minimum absolute atomic E-state index is 0.0828. The quantitative estimate of drug-likeness (QED) is 0.935. The van der Waals surface area contributed by atoms with E-state index in [0.717, 1.165) is 11.3 Å². The molecular formula is C13H12F3N5S. The van der Waals surface area contributed by atoms with Gasteiger partial charge in [0, 0.05) is 26.3 Å². The van der Waals surface area contributed by atoms with Gasteiger partial charge in [0.1, 0.15) is 0 Å². The first-order valence-corrected chi connectivity index (χ1v) is 6.98. The monoisotopic (exact) mass is 327 g/mol. The first-order valence-electron chi connectivity index (χ1n) is 6.16. The van der Waals surface area contributed by atoms with E-state index in [4.69, 9.17) is 5.26 Å². The van der Waals surface area contributed by atoms with Crippen LogP contribution in [0.5, 0.6) is 0 Å². The molecule has 0 aliphatic carbocycles. The first kappa shape index (κ1) is 16.0. The molecule has 1 heterocycles. The van der Waals surface area contributed by atoms with Crippen molar-refractivity contribution in [2.24, 2.45) is 0 Å². The number of rotatable bonds is 4. The molecule has 2 rings (SSSR count). The van der Waals surface area contributed by atoms with Gasteiger partial charge in [-0.3, -0.25) is 0 Å². The van der Waals surface area contributed by atoms with Crippen LogP contribution in [0.3, 0.4) is 0 Å². The van der Waals surface area contributed by atoms with E-state index in [0.29, 0.717) is 16.9 Å². The lowest BCUT2D eigenvalue weighted by Gasteiger charge is -2.17. The maximum absolute atomic E-state index is 12.5. The highest BCUT2D eigenvalue weighted by molar-refractivity contribution is 7.15. The predicted molar refractivity (Wildman–Crippen MR) is 77.7 cm³/mol. The number of hydrogen-bond acceptors (Lipinski definition) is 6. The van der Waals surface area contributed by atoms with Gasteiger partial charge in [0.05, 0.1) is 11.6 Å². The number of hydrogen-bond donors (Lipinski definition) is 1. The molecule has 9 heteroatoms. The minimum atomic E-state index is -4.49. The average Bonchev–Trinajstić information content (AvgIpc) is 2.93. The molecule has 0 bridgehead atoms. The van der Waals surface area contributed by atoms with Gasteiger partial charge in [-0.1, -0.05) is 11.3 Å². The molecule has 116 valence electrons. The Kier molecular flexibility index (Phi) is 4.51. The molecule has 1 aromatic heterocycles. The van der Waals surface area contributed by atoms with Gasteiger partial charge in [-0.2, -0.15) is 18.4 Å². The van der Waals surface area contributed by atoms with Crippen molar-refractivity contribution in [2.75, 3.05) is 24.3 Å². The van der Waals surface area contributed by atoms with Gasteiger partial charge in [0.25, 0.3) is 0 Å². The Morgan fingerprint density at radius 3 is 2.59 bits per heavy atom. The second-order valence-electron chi connectivity index (χ2n) is 4.61. The van der Waals surface area contributed by atoms with Crippen molar-refractivity contribution in [3.63, 3.8) is 0 Å². The zero-order valence-electron chi connectivity index (χ0n) is 11.8. The second-order valence-corrected chi connectivity index (χ2v) is 5.59. The summed E-state index contributed by atoms with van der Waals surface area (Å²) < 4.78 is 37.4. The van der Waals surface area contributed by atoms with Crippen LogP contribution in [0.15, 0.2) is 18.2 Å². The summed E-state index contributed by atoms with van der Waals surface area (Å²) in [7, 11) is 3.69. The van der Waals surface area contributed by atoms with Crippen molar-refractivity contribution in [2.45, 2.75) is 12.7 Å². The highest BCUT2D eigenvalue weighted by Gasteiger charge is 2.35. The van der Waals surface area contributed by atoms with Crippen LogP contribution in [0.25, 0.3) is 0 Å². The van der Waals surface area contributed by atoms with Gasteiger partial charge >= 0.3 is 6.18 Å². The Hall–Kier alpha value is -2.34. The van der Waals surface area contributed by atoms with Crippen molar-refractivity contribution in [1.82, 2.24) is 10.2 Å². The van der Waals surface area contributed by atoms with Gasteiger partial charge < -0.3 is 10.2 Å². The predicted octanol–water partition coefficient (Wildman–Crippen LogP) is 3.11. The molecule has 5 nitrogen and oxygen atoms in total. The smallest absolute Gasteiger partial charge is 0.377 e. The van der Waals surface area contributed by atoms with Crippen LogP contribution in [-0.4, -0.2) is 24.3 Å². The standard InChI is InChI=1S/C13H12F3N5S/c1-21(2)10-4-3-8(6-17)5-9(10)7-18-12-20-19-11(22-12)13(14,15)16/h3-5H,7H2,1-2H3,(H,18,20). The number of halogens is 3. The summed E-state index contributed by atoms with van der Waals surface area (Å²) in [6, 6.07) is 7.20. The molecule has 0 saturated carbocycles. The Balaban J connectivity index is 2.17. The van der Waals surface area contributed by atoms with Crippen molar-refractivity contribution in [1.29, 1.82) is 5.26 Å². The molecule has 0 aliphatic rings. The summed E-state index contributed by atoms with van der Waals surface area (Å²) in [6.07, 6.45) is -4.49. The lowest BCUT2D eigenvalue weighted by molar-refractivity contribution is -0.138. The SMILES string of the molecule is CN(C)c1ccc(C#N)cc1CNc1nnc(C(F)(F)F)s1. The van der Waals surface area contributed by atoms with Crippen LogP contribution >= 0.6 is 11.3 Å². The number of anilines is 2. The molecule has 2 aromatic rings. The number of alkyl halides is 3. The topological polar surface area (TPSA) is 64.8 Å². The fourth-order valence-corrected chi connectivity index (χ4v) is 2.42. The van der Waals surface area contributed by atoms with E-state index in [9.17, 15) is 13.2 Å². The van der Waals surface area contributed by atoms with Crippen molar-refractivity contribution in [3.05, 3.63) is 34.3 Å². The number of nitrogens with zero attached hydrogens (tertiary/aromatic N) is 4. The molecule has 0 atom stereocenters. The fraction of sp³-hybridized carbons (Fsp3) is 0.308. The lowest BCUT2D eigenvalue weighted by Crippen LogP contribution is -2.13. The van der Waals surface area contributed by atoms with Gasteiger partial charge in [-0.25, -0.2) is 0 Å². The normalized spacial score (nSPS) is 11.1. The third-order valence-electron chi connectivity index (χ3n) is 2.79. The maximum Gasteiger partial charge on any atom is 0.445 e. The van der Waals surface area contributed by atoms with E-state index >= 15 is 0 Å². The van der Waals surface area contributed by atoms with Crippen molar-refractivity contribution in [3.8, 4) is 6.07 Å². The molecule has 0 saturated heterocycles. The highest BCUT2D eigenvalue weighted by Crippen LogP contribution is 2.33. The molecule has 0 unspecified atom stereocenters. The van der Waals surface area contributed by atoms with E-state index in [-0.39, 0.29) is 11.7 Å². The van der Waals surface area contributed by atoms with Crippen LogP contribution < -0.4 is 10.2 Å². The molecule has 0 fully saturated rings. The van der Waals surface area contributed by atoms with Crippen LogP contribution in [0, 0.1) is 11.3 Å². The van der Waals surface area contributed by atoms with Gasteiger partial charge in [-0.15, -0.1) is 10.2 Å². The highest BCUT2D eigenvalue weighted by atomic mass is 32.1. The fourth-order valence-electron chi connectivity index (χ4n) is 1.81. The number of nitrogens with one attached hydrogen (secondary N) is 1. The van der Waals surface area contributed by atoms with Crippen LogP contribution in [0.2, 0.25) is 0 Å². The molecule has 0 radical (unpaired) electrons. The summed E-state index contributed by atoms with van der Waals surface area (Å²) in [5.74, 6) is 0. The average molecular weight is 327 g/mol. The Morgan fingerprint density at radius 2 is 2.05 bits per heavy atom. The van der Waals surface area contributed by atoms with Gasteiger partial charge in [-0.05, 0) is 23.8 Å². The van der Waals surface area contributed by atoms with E-state index in [1.807, 2.05) is 25.1 Å². The van der Waals surface area contributed by atoms with Crippen LogP contribution in [-0.2, 0) is 12.7 Å². The number of nitriles is 1.